The van der Waals surface area contributed by atoms with Gasteiger partial charge in [-0.05, 0) is 38.4 Å². The van der Waals surface area contributed by atoms with Gasteiger partial charge in [0.1, 0.15) is 6.79 Å². The van der Waals surface area contributed by atoms with Crippen molar-refractivity contribution in [1.82, 2.24) is 4.90 Å². The third-order valence-electron chi connectivity index (χ3n) is 3.97. The first kappa shape index (κ1) is 14.5. The van der Waals surface area contributed by atoms with Crippen LogP contribution in [0.2, 0.25) is 0 Å². The molecule has 0 radical (unpaired) electrons. The number of nitrogens with zero attached hydrogens (tertiary/aromatic N) is 1. The smallest absolute Gasteiger partial charge is 0.147 e. The van der Waals surface area contributed by atoms with Crippen molar-refractivity contribution < 1.29 is 9.47 Å². The van der Waals surface area contributed by atoms with E-state index in [0.29, 0.717) is 12.8 Å². The van der Waals surface area contributed by atoms with Crippen molar-refractivity contribution in [3.63, 3.8) is 0 Å². The van der Waals surface area contributed by atoms with E-state index in [1.807, 2.05) is 6.07 Å². The molecule has 1 fully saturated rings. The number of likely N-dealkylation sites (tertiary alicyclic amines) is 1. The summed E-state index contributed by atoms with van der Waals surface area (Å²) in [5.74, 6) is 0. The quantitative estimate of drug-likeness (QED) is 0.736. The highest BCUT2D eigenvalue weighted by atomic mass is 16.7. The monoisotopic (exact) mass is 263 g/mol. The van der Waals surface area contributed by atoms with Gasteiger partial charge in [0.25, 0.3) is 0 Å². The summed E-state index contributed by atoms with van der Waals surface area (Å²) in [5, 5.41) is 0. The predicted molar refractivity (Wildman–Crippen MR) is 77.0 cm³/mol. The lowest BCUT2D eigenvalue weighted by Gasteiger charge is -2.34. The zero-order chi connectivity index (χ0) is 13.5. The van der Waals surface area contributed by atoms with E-state index in [1.165, 1.54) is 31.4 Å². The Morgan fingerprint density at radius 1 is 1.26 bits per heavy atom. The fourth-order valence-corrected chi connectivity index (χ4v) is 2.81. The van der Waals surface area contributed by atoms with Gasteiger partial charge < -0.3 is 14.4 Å². The molecule has 3 heteroatoms. The molecule has 0 aliphatic carbocycles. The van der Waals surface area contributed by atoms with Crippen LogP contribution in [0.25, 0.3) is 0 Å². The van der Waals surface area contributed by atoms with Crippen LogP contribution in [0, 0.1) is 0 Å². The maximum Gasteiger partial charge on any atom is 0.147 e. The fourth-order valence-electron chi connectivity index (χ4n) is 2.81. The molecule has 3 nitrogen and oxygen atoms in total. The van der Waals surface area contributed by atoms with Gasteiger partial charge in [-0.15, -0.1) is 0 Å². The lowest BCUT2D eigenvalue weighted by Crippen LogP contribution is -2.37. The summed E-state index contributed by atoms with van der Waals surface area (Å²) in [6.45, 7) is 1.56. The molecule has 0 N–H and O–H groups in total. The van der Waals surface area contributed by atoms with Crippen LogP contribution in [0.1, 0.15) is 37.4 Å². The van der Waals surface area contributed by atoms with Gasteiger partial charge in [-0.3, -0.25) is 0 Å². The zero-order valence-corrected chi connectivity index (χ0v) is 12.0. The summed E-state index contributed by atoms with van der Waals surface area (Å²) in [4.78, 5) is 2.47. The first-order valence-electron chi connectivity index (χ1n) is 7.17. The van der Waals surface area contributed by atoms with Crippen molar-refractivity contribution in [3.05, 3.63) is 35.9 Å². The lowest BCUT2D eigenvalue weighted by atomic mass is 9.94. The van der Waals surface area contributed by atoms with E-state index in [2.05, 4.69) is 36.2 Å². The number of piperidine rings is 1. The van der Waals surface area contributed by atoms with E-state index in [9.17, 15) is 0 Å². The second kappa shape index (κ2) is 7.63. The normalized spacial score (nSPS) is 22.3. The fraction of sp³-hybridized carbons (Fsp3) is 0.625. The molecule has 106 valence electrons. The highest BCUT2D eigenvalue weighted by Gasteiger charge is 2.24. The van der Waals surface area contributed by atoms with Crippen LogP contribution in [0.15, 0.2) is 30.3 Å². The number of rotatable bonds is 6. The van der Waals surface area contributed by atoms with E-state index < -0.39 is 0 Å². The van der Waals surface area contributed by atoms with E-state index >= 15 is 0 Å². The summed E-state index contributed by atoms with van der Waals surface area (Å²) in [6.07, 6.45) is 5.11. The van der Waals surface area contributed by atoms with E-state index in [4.69, 9.17) is 9.47 Å². The SMILES string of the molecule is COCOC(C[C@H]1CCCCN1C)c1ccccc1. The average molecular weight is 263 g/mol. The van der Waals surface area contributed by atoms with Crippen LogP contribution in [0.5, 0.6) is 0 Å². The molecule has 1 aliphatic rings. The van der Waals surface area contributed by atoms with Gasteiger partial charge in [0.2, 0.25) is 0 Å². The molecular weight excluding hydrogens is 238 g/mol. The van der Waals surface area contributed by atoms with Crippen LogP contribution >= 0.6 is 0 Å². The van der Waals surface area contributed by atoms with Crippen LogP contribution in [-0.4, -0.2) is 38.4 Å². The Balaban J connectivity index is 2.01. The number of benzene rings is 1. The minimum atomic E-state index is 0.131. The van der Waals surface area contributed by atoms with Crippen molar-refractivity contribution >= 4 is 0 Å². The molecule has 1 aromatic carbocycles. The van der Waals surface area contributed by atoms with E-state index in [1.54, 1.807) is 7.11 Å². The van der Waals surface area contributed by atoms with Crippen LogP contribution in [0.4, 0.5) is 0 Å². The Morgan fingerprint density at radius 3 is 2.74 bits per heavy atom. The minimum Gasteiger partial charge on any atom is -0.359 e. The van der Waals surface area contributed by atoms with Gasteiger partial charge in [0, 0.05) is 13.2 Å². The summed E-state index contributed by atoms with van der Waals surface area (Å²) in [7, 11) is 3.90. The van der Waals surface area contributed by atoms with Crippen molar-refractivity contribution in [1.29, 1.82) is 0 Å². The second-order valence-electron chi connectivity index (χ2n) is 5.34. The molecule has 0 saturated carbocycles. The summed E-state index contributed by atoms with van der Waals surface area (Å²) >= 11 is 0. The molecule has 1 aromatic rings. The maximum absolute atomic E-state index is 5.88. The highest BCUT2D eigenvalue weighted by molar-refractivity contribution is 5.17. The van der Waals surface area contributed by atoms with Crippen molar-refractivity contribution in [3.8, 4) is 0 Å². The Morgan fingerprint density at radius 2 is 2.05 bits per heavy atom. The third kappa shape index (κ3) is 4.30. The summed E-state index contributed by atoms with van der Waals surface area (Å²) in [5.41, 5.74) is 1.25. The number of hydrogen-bond donors (Lipinski definition) is 0. The molecular formula is C16H25NO2. The van der Waals surface area contributed by atoms with Gasteiger partial charge >= 0.3 is 0 Å². The van der Waals surface area contributed by atoms with Crippen molar-refractivity contribution in [2.45, 2.75) is 37.8 Å². The molecule has 2 atom stereocenters. The van der Waals surface area contributed by atoms with E-state index in [-0.39, 0.29) is 6.10 Å². The van der Waals surface area contributed by atoms with Crippen LogP contribution in [0.3, 0.4) is 0 Å². The number of methoxy groups -OCH3 is 1. The molecule has 1 unspecified atom stereocenters. The molecule has 2 rings (SSSR count). The predicted octanol–water partition coefficient (Wildman–Crippen LogP) is 3.22. The Hall–Kier alpha value is -0.900. The lowest BCUT2D eigenvalue weighted by molar-refractivity contribution is -0.0835. The molecule has 19 heavy (non-hydrogen) atoms. The Bertz CT molecular complexity index is 355. The Labute approximate surface area is 116 Å². The largest absolute Gasteiger partial charge is 0.359 e. The molecule has 0 spiro atoms. The molecule has 1 heterocycles. The van der Waals surface area contributed by atoms with E-state index in [0.717, 1.165) is 6.42 Å². The maximum atomic E-state index is 5.88. The van der Waals surface area contributed by atoms with Crippen LogP contribution < -0.4 is 0 Å². The first-order chi connectivity index (χ1) is 9.31. The summed E-state index contributed by atoms with van der Waals surface area (Å²) < 4.78 is 11.0. The average Bonchev–Trinajstić information content (AvgIpc) is 2.46. The molecule has 1 saturated heterocycles. The summed E-state index contributed by atoms with van der Waals surface area (Å²) in [6, 6.07) is 11.1. The zero-order valence-electron chi connectivity index (χ0n) is 12.0. The van der Waals surface area contributed by atoms with Crippen LogP contribution in [-0.2, 0) is 9.47 Å². The number of hydrogen-bond acceptors (Lipinski definition) is 3. The standard InChI is InChI=1S/C16H25NO2/c1-17-11-7-6-10-15(17)12-16(19-13-18-2)14-8-4-3-5-9-14/h3-5,8-9,15-16H,6-7,10-13H2,1-2H3/t15-,16?/m1/s1. The highest BCUT2D eigenvalue weighted by Crippen LogP contribution is 2.28. The molecule has 0 bridgehead atoms. The van der Waals surface area contributed by atoms with Gasteiger partial charge in [0.05, 0.1) is 6.10 Å². The molecule has 0 aromatic heterocycles. The molecule has 1 aliphatic heterocycles. The minimum absolute atomic E-state index is 0.131. The molecule has 0 amide bonds. The Kier molecular flexibility index (Phi) is 5.83. The van der Waals surface area contributed by atoms with Gasteiger partial charge in [-0.1, -0.05) is 36.8 Å². The van der Waals surface area contributed by atoms with Gasteiger partial charge in [-0.25, -0.2) is 0 Å². The van der Waals surface area contributed by atoms with Crippen molar-refractivity contribution in [2.75, 3.05) is 27.5 Å². The van der Waals surface area contributed by atoms with Crippen molar-refractivity contribution in [2.24, 2.45) is 0 Å². The first-order valence-corrected chi connectivity index (χ1v) is 7.17. The topological polar surface area (TPSA) is 21.7 Å². The second-order valence-corrected chi connectivity index (χ2v) is 5.34. The van der Waals surface area contributed by atoms with Gasteiger partial charge in [-0.2, -0.15) is 0 Å². The third-order valence-corrected chi connectivity index (χ3v) is 3.97. The van der Waals surface area contributed by atoms with Gasteiger partial charge in [0.15, 0.2) is 0 Å². The number of ether oxygens (including phenoxy) is 2.